The third kappa shape index (κ3) is 3.38. The maximum absolute atomic E-state index is 13.0. The van der Waals surface area contributed by atoms with E-state index in [-0.39, 0.29) is 11.6 Å². The van der Waals surface area contributed by atoms with E-state index >= 15 is 0 Å². The van der Waals surface area contributed by atoms with E-state index < -0.39 is 5.25 Å². The predicted octanol–water partition coefficient (Wildman–Crippen LogP) is 5.03. The van der Waals surface area contributed by atoms with Gasteiger partial charge in [0.25, 0.3) is 5.22 Å². The van der Waals surface area contributed by atoms with Gasteiger partial charge in [0.1, 0.15) is 5.82 Å². The average molecular weight is 381 g/mol. The maximum Gasteiger partial charge on any atom is 0.277 e. The summed E-state index contributed by atoms with van der Waals surface area (Å²) in [6.45, 7) is 3.71. The highest BCUT2D eigenvalue weighted by Gasteiger charge is 2.24. The van der Waals surface area contributed by atoms with Crippen LogP contribution in [0.4, 0.5) is 4.39 Å². The average Bonchev–Trinajstić information content (AvgIpc) is 3.25. The van der Waals surface area contributed by atoms with Gasteiger partial charge >= 0.3 is 0 Å². The number of halogens is 1. The molecule has 1 unspecified atom stereocenters. The van der Waals surface area contributed by atoms with Gasteiger partial charge in [0.05, 0.1) is 5.25 Å². The summed E-state index contributed by atoms with van der Waals surface area (Å²) in [5.41, 5.74) is 3.09. The molecule has 1 atom stereocenters. The van der Waals surface area contributed by atoms with Gasteiger partial charge in [-0.05, 0) is 44.2 Å². The summed E-state index contributed by atoms with van der Waals surface area (Å²) in [4.78, 5) is 16.2. The lowest BCUT2D eigenvalue weighted by Crippen LogP contribution is -2.14. The van der Waals surface area contributed by atoms with Gasteiger partial charge in [0.2, 0.25) is 5.89 Å². The molecule has 1 N–H and O–H groups in total. The van der Waals surface area contributed by atoms with Crippen molar-refractivity contribution in [2.75, 3.05) is 0 Å². The first-order chi connectivity index (χ1) is 13.0. The number of hydrogen-bond donors (Lipinski definition) is 1. The molecular formula is C20H16FN3O2S. The van der Waals surface area contributed by atoms with Crippen LogP contribution in [-0.4, -0.2) is 26.2 Å². The van der Waals surface area contributed by atoms with Crippen LogP contribution < -0.4 is 0 Å². The summed E-state index contributed by atoms with van der Waals surface area (Å²) < 4.78 is 18.7. The summed E-state index contributed by atoms with van der Waals surface area (Å²) >= 11 is 1.21. The molecule has 0 fully saturated rings. The zero-order valence-corrected chi connectivity index (χ0v) is 15.5. The normalized spacial score (nSPS) is 12.4. The number of hydrogen-bond acceptors (Lipinski definition) is 5. The number of fused-ring (bicyclic) bond motifs is 1. The molecule has 7 heteroatoms. The van der Waals surface area contributed by atoms with Gasteiger partial charge < -0.3 is 9.40 Å². The molecule has 4 aromatic rings. The standard InChI is InChI=1S/C20H16FN3O2S/c1-11-17(15-5-3-4-6-16(15)22-11)18(25)12(2)27-20-24-23-19(26-20)13-7-9-14(21)10-8-13/h3-10,12,22H,1-2H3. The number of aromatic amines is 1. The minimum absolute atomic E-state index is 0.00326. The van der Waals surface area contributed by atoms with Crippen LogP contribution in [0.1, 0.15) is 23.0 Å². The zero-order valence-electron chi connectivity index (χ0n) is 14.7. The fraction of sp³-hybridized carbons (Fsp3) is 0.150. The lowest BCUT2D eigenvalue weighted by molar-refractivity contribution is 0.0994. The van der Waals surface area contributed by atoms with Crippen LogP contribution in [0.15, 0.2) is 58.2 Å². The van der Waals surface area contributed by atoms with Crippen molar-refractivity contribution in [3.8, 4) is 11.5 Å². The second kappa shape index (κ2) is 7.00. The number of para-hydroxylation sites is 1. The zero-order chi connectivity index (χ0) is 19.0. The minimum atomic E-state index is -0.399. The number of aryl methyl sites for hydroxylation is 1. The Bertz CT molecular complexity index is 1120. The van der Waals surface area contributed by atoms with Crippen LogP contribution in [0.5, 0.6) is 0 Å². The second-order valence-electron chi connectivity index (χ2n) is 6.17. The molecule has 2 heterocycles. The van der Waals surface area contributed by atoms with Gasteiger partial charge in [-0.25, -0.2) is 4.39 Å². The van der Waals surface area contributed by atoms with Crippen molar-refractivity contribution >= 4 is 28.4 Å². The lowest BCUT2D eigenvalue weighted by atomic mass is 10.1. The van der Waals surface area contributed by atoms with Gasteiger partial charge in [-0.1, -0.05) is 30.0 Å². The second-order valence-corrected chi connectivity index (χ2v) is 7.47. The van der Waals surface area contributed by atoms with Crippen molar-refractivity contribution in [1.29, 1.82) is 0 Å². The summed E-state index contributed by atoms with van der Waals surface area (Å²) in [6, 6.07) is 13.5. The first-order valence-corrected chi connectivity index (χ1v) is 9.28. The van der Waals surface area contributed by atoms with Crippen LogP contribution in [0.25, 0.3) is 22.4 Å². The van der Waals surface area contributed by atoms with Gasteiger partial charge in [0, 0.05) is 27.7 Å². The molecule has 0 saturated heterocycles. The number of carbonyl (C=O) groups excluding carboxylic acids is 1. The smallest absolute Gasteiger partial charge is 0.277 e. The van der Waals surface area contributed by atoms with E-state index in [4.69, 9.17) is 4.42 Å². The SMILES string of the molecule is Cc1[nH]c2ccccc2c1C(=O)C(C)Sc1nnc(-c2ccc(F)cc2)o1. The van der Waals surface area contributed by atoms with E-state index in [2.05, 4.69) is 15.2 Å². The number of H-pyrrole nitrogens is 1. The highest BCUT2D eigenvalue weighted by Crippen LogP contribution is 2.30. The van der Waals surface area contributed by atoms with Crippen LogP contribution in [0.3, 0.4) is 0 Å². The van der Waals surface area contributed by atoms with Gasteiger partial charge in [-0.2, -0.15) is 0 Å². The summed E-state index contributed by atoms with van der Waals surface area (Å²) in [5, 5.41) is 8.78. The first-order valence-electron chi connectivity index (χ1n) is 8.40. The molecule has 27 heavy (non-hydrogen) atoms. The van der Waals surface area contributed by atoms with E-state index in [1.54, 1.807) is 12.1 Å². The Hall–Kier alpha value is -2.93. The maximum atomic E-state index is 13.0. The number of Topliss-reactive ketones (excluding diaryl/α,β-unsaturated/α-hetero) is 1. The highest BCUT2D eigenvalue weighted by atomic mass is 32.2. The van der Waals surface area contributed by atoms with E-state index in [0.717, 1.165) is 16.6 Å². The van der Waals surface area contributed by atoms with Crippen molar-refractivity contribution < 1.29 is 13.6 Å². The number of carbonyl (C=O) groups is 1. The Morgan fingerprint density at radius 3 is 2.67 bits per heavy atom. The molecule has 2 aromatic heterocycles. The monoisotopic (exact) mass is 381 g/mol. The molecule has 0 radical (unpaired) electrons. The molecule has 5 nitrogen and oxygen atoms in total. The van der Waals surface area contributed by atoms with Crippen molar-refractivity contribution in [3.63, 3.8) is 0 Å². The molecule has 0 bridgehead atoms. The number of rotatable bonds is 5. The number of nitrogens with zero attached hydrogens (tertiary/aromatic N) is 2. The summed E-state index contributed by atoms with van der Waals surface area (Å²) in [6.07, 6.45) is 0. The van der Waals surface area contributed by atoms with E-state index in [1.807, 2.05) is 38.1 Å². The Labute approximate surface area is 159 Å². The molecular weight excluding hydrogens is 365 g/mol. The summed E-state index contributed by atoms with van der Waals surface area (Å²) in [5.74, 6) is -0.0434. The minimum Gasteiger partial charge on any atom is -0.411 e. The number of thioether (sulfide) groups is 1. The molecule has 2 aromatic carbocycles. The molecule has 0 spiro atoms. The predicted molar refractivity (Wildman–Crippen MR) is 102 cm³/mol. The Balaban J connectivity index is 1.55. The molecule has 0 aliphatic carbocycles. The first kappa shape index (κ1) is 17.5. The molecule has 0 amide bonds. The van der Waals surface area contributed by atoms with E-state index in [0.29, 0.717) is 22.2 Å². The van der Waals surface area contributed by atoms with Crippen molar-refractivity contribution in [2.45, 2.75) is 24.3 Å². The Kier molecular flexibility index (Phi) is 4.53. The van der Waals surface area contributed by atoms with Gasteiger partial charge in [-0.3, -0.25) is 4.79 Å². The molecule has 136 valence electrons. The van der Waals surface area contributed by atoms with Crippen molar-refractivity contribution in [2.24, 2.45) is 0 Å². The largest absolute Gasteiger partial charge is 0.411 e. The molecule has 0 aliphatic rings. The number of ketones is 1. The third-order valence-corrected chi connectivity index (χ3v) is 5.22. The number of aromatic nitrogens is 3. The van der Waals surface area contributed by atoms with Gasteiger partial charge in [0.15, 0.2) is 5.78 Å². The van der Waals surface area contributed by atoms with Crippen LogP contribution in [0.2, 0.25) is 0 Å². The van der Waals surface area contributed by atoms with Crippen LogP contribution in [-0.2, 0) is 0 Å². The highest BCUT2D eigenvalue weighted by molar-refractivity contribution is 8.00. The Morgan fingerprint density at radius 2 is 1.89 bits per heavy atom. The van der Waals surface area contributed by atoms with Crippen LogP contribution in [0, 0.1) is 12.7 Å². The molecule has 4 rings (SSSR count). The van der Waals surface area contributed by atoms with E-state index in [1.165, 1.54) is 23.9 Å². The third-order valence-electron chi connectivity index (χ3n) is 4.28. The van der Waals surface area contributed by atoms with Crippen molar-refractivity contribution in [3.05, 3.63) is 65.6 Å². The summed E-state index contributed by atoms with van der Waals surface area (Å²) in [7, 11) is 0. The fourth-order valence-electron chi connectivity index (χ4n) is 2.97. The van der Waals surface area contributed by atoms with Gasteiger partial charge in [-0.15, -0.1) is 10.2 Å². The number of benzene rings is 2. The molecule has 0 aliphatic heterocycles. The van der Waals surface area contributed by atoms with Crippen molar-refractivity contribution in [1.82, 2.24) is 15.2 Å². The topological polar surface area (TPSA) is 71.8 Å². The number of nitrogens with one attached hydrogen (secondary N) is 1. The lowest BCUT2D eigenvalue weighted by Gasteiger charge is -2.07. The quantitative estimate of drug-likeness (QED) is 0.388. The van der Waals surface area contributed by atoms with Crippen LogP contribution >= 0.6 is 11.8 Å². The molecule has 0 saturated carbocycles. The van der Waals surface area contributed by atoms with E-state index in [9.17, 15) is 9.18 Å². The Morgan fingerprint density at radius 1 is 1.15 bits per heavy atom. The fourth-order valence-corrected chi connectivity index (χ4v) is 3.71.